The molecule has 0 radical (unpaired) electrons. The molecule has 5 rings (SSSR count). The maximum absolute atomic E-state index is 13.4. The van der Waals surface area contributed by atoms with Crippen LogP contribution in [0.5, 0.6) is 0 Å². The van der Waals surface area contributed by atoms with Gasteiger partial charge in [-0.2, -0.15) is 0 Å². The molecule has 5 heterocycles. The second-order valence-electron chi connectivity index (χ2n) is 8.40. The van der Waals surface area contributed by atoms with Gasteiger partial charge in [0.25, 0.3) is 5.91 Å². The van der Waals surface area contributed by atoms with Gasteiger partial charge in [0.05, 0.1) is 24.3 Å². The maximum Gasteiger partial charge on any atom is 0.266 e. The number of thiophene rings is 1. The first-order valence-electron chi connectivity index (χ1n) is 11.5. The molecule has 0 bridgehead atoms. The quantitative estimate of drug-likeness (QED) is 0.289. The van der Waals surface area contributed by atoms with E-state index in [-0.39, 0.29) is 31.4 Å². The molecule has 10 heteroatoms. The largest absolute Gasteiger partial charge is 0.467 e. The molecule has 3 aromatic rings. The van der Waals surface area contributed by atoms with Crippen molar-refractivity contribution in [3.8, 4) is 0 Å². The number of nitrogens with zero attached hydrogens (tertiary/aromatic N) is 3. The first-order chi connectivity index (χ1) is 17.1. The lowest BCUT2D eigenvalue weighted by atomic mass is 10.1. The highest BCUT2D eigenvalue weighted by molar-refractivity contribution is 8.26. The van der Waals surface area contributed by atoms with E-state index in [1.54, 1.807) is 28.6 Å². The van der Waals surface area contributed by atoms with Crippen molar-refractivity contribution in [3.63, 3.8) is 0 Å². The predicted octanol–water partition coefficient (Wildman–Crippen LogP) is 5.35. The molecule has 0 aliphatic carbocycles. The average Bonchev–Trinajstić information content (AvgIpc) is 3.67. The zero-order valence-corrected chi connectivity index (χ0v) is 21.5. The molecule has 2 aliphatic rings. The van der Waals surface area contributed by atoms with Crippen molar-refractivity contribution in [2.75, 3.05) is 24.5 Å². The van der Waals surface area contributed by atoms with Gasteiger partial charge in [0.2, 0.25) is 5.91 Å². The molecule has 0 atom stereocenters. The second kappa shape index (κ2) is 10.8. The third-order valence-corrected chi connectivity index (χ3v) is 8.12. The number of amides is 2. The van der Waals surface area contributed by atoms with Crippen molar-refractivity contribution in [2.24, 2.45) is 0 Å². The Labute approximate surface area is 217 Å². The molecule has 3 aromatic heterocycles. The van der Waals surface area contributed by atoms with E-state index in [1.165, 1.54) is 23.1 Å². The van der Waals surface area contributed by atoms with Crippen LogP contribution in [0.15, 0.2) is 61.8 Å². The Morgan fingerprint density at radius 3 is 2.66 bits per heavy atom. The highest BCUT2D eigenvalue weighted by Gasteiger charge is 2.35. The smallest absolute Gasteiger partial charge is 0.266 e. The van der Waals surface area contributed by atoms with E-state index in [0.717, 1.165) is 36.7 Å². The molecular formula is C25H25N3O4S3. The number of hydrogen-bond donors (Lipinski definition) is 0. The van der Waals surface area contributed by atoms with Gasteiger partial charge in [0.1, 0.15) is 22.4 Å². The van der Waals surface area contributed by atoms with Crippen LogP contribution < -0.4 is 4.90 Å². The summed E-state index contributed by atoms with van der Waals surface area (Å²) in [5, 5.41) is 1.95. The number of hydrogen-bond acceptors (Lipinski definition) is 8. The van der Waals surface area contributed by atoms with E-state index in [2.05, 4.69) is 4.90 Å². The Morgan fingerprint density at radius 1 is 1.09 bits per heavy atom. The number of carbonyl (C=O) groups is 2. The highest BCUT2D eigenvalue weighted by Crippen LogP contribution is 2.33. The van der Waals surface area contributed by atoms with Gasteiger partial charge in [-0.05, 0) is 55.0 Å². The normalized spacial score (nSPS) is 17.5. The molecule has 2 saturated heterocycles. The zero-order valence-electron chi connectivity index (χ0n) is 19.1. The lowest BCUT2D eigenvalue weighted by molar-refractivity contribution is -0.136. The number of thioether (sulfide) groups is 1. The van der Waals surface area contributed by atoms with E-state index in [1.807, 2.05) is 41.8 Å². The Morgan fingerprint density at radius 2 is 1.91 bits per heavy atom. The van der Waals surface area contributed by atoms with Crippen LogP contribution in [0.3, 0.4) is 0 Å². The van der Waals surface area contributed by atoms with E-state index in [9.17, 15) is 9.59 Å². The van der Waals surface area contributed by atoms with Gasteiger partial charge >= 0.3 is 0 Å². The fourth-order valence-corrected chi connectivity index (χ4v) is 6.10. The lowest BCUT2D eigenvalue weighted by Crippen LogP contribution is -2.41. The zero-order chi connectivity index (χ0) is 24.2. The van der Waals surface area contributed by atoms with Crippen LogP contribution in [0.25, 0.3) is 6.08 Å². The van der Waals surface area contributed by atoms with Crippen LogP contribution in [0.1, 0.15) is 35.7 Å². The molecule has 0 spiro atoms. The Kier molecular flexibility index (Phi) is 7.40. The first-order valence-corrected chi connectivity index (χ1v) is 13.6. The summed E-state index contributed by atoms with van der Waals surface area (Å²) in [5.74, 6) is 1.70. The van der Waals surface area contributed by atoms with Crippen LogP contribution in [0, 0.1) is 0 Å². The summed E-state index contributed by atoms with van der Waals surface area (Å²) in [7, 11) is 0. The molecule has 2 amide bonds. The molecule has 2 fully saturated rings. The minimum atomic E-state index is -0.245. The molecule has 0 saturated carbocycles. The first kappa shape index (κ1) is 23.9. The van der Waals surface area contributed by atoms with E-state index < -0.39 is 0 Å². The van der Waals surface area contributed by atoms with Crippen LogP contribution in [-0.2, 0) is 22.7 Å². The Balaban J connectivity index is 1.30. The summed E-state index contributed by atoms with van der Waals surface area (Å²) in [6.45, 7) is 2.37. The highest BCUT2D eigenvalue weighted by atomic mass is 32.2. The number of anilines is 1. The fourth-order valence-electron chi connectivity index (χ4n) is 4.12. The van der Waals surface area contributed by atoms with E-state index in [4.69, 9.17) is 21.1 Å². The molecule has 0 unspecified atom stereocenters. The summed E-state index contributed by atoms with van der Waals surface area (Å²) in [6.07, 6.45) is 6.96. The summed E-state index contributed by atoms with van der Waals surface area (Å²) in [5.41, 5.74) is 0. The van der Waals surface area contributed by atoms with Crippen LogP contribution in [0.4, 0.5) is 5.88 Å². The third kappa shape index (κ3) is 5.71. The second-order valence-corrected chi connectivity index (χ2v) is 11.1. The van der Waals surface area contributed by atoms with Crippen molar-refractivity contribution in [2.45, 2.75) is 32.4 Å². The van der Waals surface area contributed by atoms with Gasteiger partial charge in [-0.15, -0.1) is 11.3 Å². The summed E-state index contributed by atoms with van der Waals surface area (Å²) < 4.78 is 12.0. The van der Waals surface area contributed by atoms with E-state index in [0.29, 0.717) is 20.7 Å². The molecule has 2 aliphatic heterocycles. The van der Waals surface area contributed by atoms with Crippen molar-refractivity contribution >= 4 is 63.4 Å². The van der Waals surface area contributed by atoms with Crippen molar-refractivity contribution in [3.05, 3.63) is 69.3 Å². The SMILES string of the molecule is O=C(CN1C(=O)/C(=C/c2cccs2)SC1=S)N(Cc1ccco1)Cc1ccc(N2CCCCC2)o1. The number of carbonyl (C=O) groups excluding carboxylic acids is 2. The van der Waals surface area contributed by atoms with Crippen LogP contribution >= 0.6 is 35.3 Å². The molecule has 182 valence electrons. The van der Waals surface area contributed by atoms with Crippen molar-refractivity contribution < 1.29 is 18.4 Å². The average molecular weight is 528 g/mol. The summed E-state index contributed by atoms with van der Waals surface area (Å²) in [4.78, 5) is 33.2. The Hall–Kier alpha value is -2.82. The minimum absolute atomic E-state index is 0.132. The Bertz CT molecular complexity index is 1210. The van der Waals surface area contributed by atoms with Gasteiger partial charge in [-0.3, -0.25) is 14.5 Å². The minimum Gasteiger partial charge on any atom is -0.467 e. The fraction of sp³-hybridized carbons (Fsp3) is 0.320. The van der Waals surface area contributed by atoms with Gasteiger partial charge < -0.3 is 18.6 Å². The molecule has 7 nitrogen and oxygen atoms in total. The van der Waals surface area contributed by atoms with Crippen molar-refractivity contribution in [1.29, 1.82) is 0 Å². The van der Waals surface area contributed by atoms with Gasteiger partial charge in [-0.1, -0.05) is 30.0 Å². The van der Waals surface area contributed by atoms with Gasteiger partial charge in [0, 0.05) is 24.0 Å². The topological polar surface area (TPSA) is 70.1 Å². The number of rotatable bonds is 8. The molecule has 0 N–H and O–H groups in total. The number of thiocarbonyl (C=S) groups is 1. The standard InChI is InChI=1S/C25H25N3O4S3/c29-22(17-28-24(30)21(35-25(28)33)14-20-7-5-13-34-20)27(15-18-6-4-12-31-18)16-19-8-9-23(32-19)26-10-2-1-3-11-26/h4-9,12-14H,1-3,10-11,15-17H2/b21-14-. The van der Waals surface area contributed by atoms with Gasteiger partial charge in [0.15, 0.2) is 5.88 Å². The third-order valence-electron chi connectivity index (χ3n) is 5.92. The summed E-state index contributed by atoms with van der Waals surface area (Å²) in [6, 6.07) is 11.4. The number of furan rings is 2. The van der Waals surface area contributed by atoms with Gasteiger partial charge in [-0.25, -0.2) is 0 Å². The number of piperidine rings is 1. The van der Waals surface area contributed by atoms with Crippen LogP contribution in [0.2, 0.25) is 0 Å². The van der Waals surface area contributed by atoms with Crippen molar-refractivity contribution in [1.82, 2.24) is 9.80 Å². The predicted molar refractivity (Wildman–Crippen MR) is 142 cm³/mol. The molecular weight excluding hydrogens is 502 g/mol. The van der Waals surface area contributed by atoms with E-state index >= 15 is 0 Å². The molecule has 0 aromatic carbocycles. The lowest BCUT2D eigenvalue weighted by Gasteiger charge is -2.26. The summed E-state index contributed by atoms with van der Waals surface area (Å²) >= 11 is 8.20. The monoisotopic (exact) mass is 527 g/mol. The molecule has 35 heavy (non-hydrogen) atoms. The maximum atomic E-state index is 13.4. The van der Waals surface area contributed by atoms with Crippen LogP contribution in [-0.4, -0.2) is 45.6 Å².